The van der Waals surface area contributed by atoms with Gasteiger partial charge in [0.1, 0.15) is 12.1 Å². The van der Waals surface area contributed by atoms with Crippen LogP contribution >= 0.6 is 0 Å². The number of H-pyrrole nitrogens is 1. The maximum Gasteiger partial charge on any atom is 0.291 e. The average molecular weight is 356 g/mol. The van der Waals surface area contributed by atoms with Crippen molar-refractivity contribution in [3.63, 3.8) is 0 Å². The fraction of sp³-hybridized carbons (Fsp3) is 0.353. The van der Waals surface area contributed by atoms with Crippen LogP contribution < -0.4 is 0 Å². The van der Waals surface area contributed by atoms with Crippen molar-refractivity contribution in [2.24, 2.45) is 5.92 Å². The normalized spacial score (nSPS) is 17.4. The van der Waals surface area contributed by atoms with Gasteiger partial charge in [0.25, 0.3) is 5.91 Å². The number of halogens is 1. The number of hydrogen-bond donors (Lipinski definition) is 1. The third-order valence-electron chi connectivity index (χ3n) is 4.47. The maximum absolute atomic E-state index is 13.8. The maximum atomic E-state index is 13.8. The molecule has 1 N–H and O–H groups in total. The number of aromatic nitrogens is 5. The summed E-state index contributed by atoms with van der Waals surface area (Å²) in [5, 5.41) is 10.2. The number of carbonyl (C=O) groups excluding carboxylic acids is 1. The summed E-state index contributed by atoms with van der Waals surface area (Å²) in [7, 11) is 0. The van der Waals surface area contributed by atoms with E-state index in [1.54, 1.807) is 23.1 Å². The Hall–Kier alpha value is -3.10. The summed E-state index contributed by atoms with van der Waals surface area (Å²) >= 11 is 0. The second kappa shape index (κ2) is 7.03. The highest BCUT2D eigenvalue weighted by atomic mass is 19.1. The molecule has 4 rings (SSSR count). The Bertz CT molecular complexity index is 894. The lowest BCUT2D eigenvalue weighted by Gasteiger charge is -2.31. The molecule has 0 saturated carbocycles. The largest absolute Gasteiger partial charge is 0.339 e. The van der Waals surface area contributed by atoms with Crippen LogP contribution in [0.15, 0.2) is 35.1 Å². The van der Waals surface area contributed by atoms with Crippen LogP contribution in [0.3, 0.4) is 0 Å². The predicted octanol–water partition coefficient (Wildman–Crippen LogP) is 2.09. The number of likely N-dealkylation sites (tertiary alicyclic amines) is 1. The molecule has 1 fully saturated rings. The van der Waals surface area contributed by atoms with E-state index in [4.69, 9.17) is 4.52 Å². The molecular formula is C17H17FN6O2. The Morgan fingerprint density at radius 1 is 1.38 bits per heavy atom. The van der Waals surface area contributed by atoms with Crippen LogP contribution in [0.25, 0.3) is 11.4 Å². The van der Waals surface area contributed by atoms with Gasteiger partial charge in [-0.25, -0.2) is 9.37 Å². The van der Waals surface area contributed by atoms with Gasteiger partial charge in [-0.1, -0.05) is 17.3 Å². The summed E-state index contributed by atoms with van der Waals surface area (Å²) < 4.78 is 19.1. The smallest absolute Gasteiger partial charge is 0.291 e. The first-order valence-corrected chi connectivity index (χ1v) is 8.43. The molecule has 9 heteroatoms. The van der Waals surface area contributed by atoms with Gasteiger partial charge in [0.05, 0.1) is 5.56 Å². The van der Waals surface area contributed by atoms with Crippen molar-refractivity contribution in [1.82, 2.24) is 30.2 Å². The van der Waals surface area contributed by atoms with Crippen molar-refractivity contribution in [3.8, 4) is 11.4 Å². The molecule has 134 valence electrons. The summed E-state index contributed by atoms with van der Waals surface area (Å²) in [4.78, 5) is 22.4. The van der Waals surface area contributed by atoms with Crippen LogP contribution in [0.1, 0.15) is 29.4 Å². The van der Waals surface area contributed by atoms with Crippen LogP contribution in [-0.2, 0) is 6.42 Å². The van der Waals surface area contributed by atoms with Crippen molar-refractivity contribution in [3.05, 3.63) is 48.1 Å². The van der Waals surface area contributed by atoms with E-state index in [2.05, 4.69) is 25.3 Å². The van der Waals surface area contributed by atoms with Gasteiger partial charge < -0.3 is 9.42 Å². The Labute approximate surface area is 148 Å². The molecule has 2 aromatic heterocycles. The zero-order chi connectivity index (χ0) is 17.9. The van der Waals surface area contributed by atoms with Crippen molar-refractivity contribution in [2.75, 3.05) is 13.1 Å². The first-order chi connectivity index (χ1) is 12.7. The van der Waals surface area contributed by atoms with E-state index in [1.807, 2.05) is 0 Å². The third kappa shape index (κ3) is 3.32. The zero-order valence-electron chi connectivity index (χ0n) is 13.9. The molecule has 26 heavy (non-hydrogen) atoms. The minimum Gasteiger partial charge on any atom is -0.339 e. The first kappa shape index (κ1) is 16.4. The lowest BCUT2D eigenvalue weighted by molar-refractivity contribution is 0.0656. The molecule has 3 heterocycles. The van der Waals surface area contributed by atoms with Gasteiger partial charge in [-0.2, -0.15) is 10.1 Å². The van der Waals surface area contributed by atoms with E-state index in [0.29, 0.717) is 31.0 Å². The number of benzene rings is 1. The van der Waals surface area contributed by atoms with Crippen LogP contribution in [0.5, 0.6) is 0 Å². The summed E-state index contributed by atoms with van der Waals surface area (Å²) in [6.45, 7) is 1.26. The van der Waals surface area contributed by atoms with Gasteiger partial charge in [0, 0.05) is 19.5 Å². The average Bonchev–Trinajstić information content (AvgIpc) is 3.34. The quantitative estimate of drug-likeness (QED) is 0.768. The van der Waals surface area contributed by atoms with E-state index in [1.165, 1.54) is 12.4 Å². The number of hydrogen-bond acceptors (Lipinski definition) is 6. The number of nitrogens with zero attached hydrogens (tertiary/aromatic N) is 5. The second-order valence-electron chi connectivity index (χ2n) is 6.29. The van der Waals surface area contributed by atoms with Gasteiger partial charge in [0.15, 0.2) is 0 Å². The number of aromatic amines is 1. The Morgan fingerprint density at radius 2 is 2.27 bits per heavy atom. The van der Waals surface area contributed by atoms with Crippen LogP contribution in [-0.4, -0.2) is 49.2 Å². The Kier molecular flexibility index (Phi) is 4.42. The Balaban J connectivity index is 1.43. The minimum absolute atomic E-state index is 0.162. The topological polar surface area (TPSA) is 101 Å². The van der Waals surface area contributed by atoms with Gasteiger partial charge in [-0.15, -0.1) is 0 Å². The summed E-state index contributed by atoms with van der Waals surface area (Å²) in [6.07, 6.45) is 3.70. The molecule has 0 radical (unpaired) electrons. The van der Waals surface area contributed by atoms with E-state index < -0.39 is 0 Å². The molecule has 1 aliphatic rings. The number of amides is 1. The molecule has 1 atom stereocenters. The SMILES string of the molecule is O=C(c1ncn[nH]1)N1CCCC(Cc2nc(-c3ccccc3F)no2)C1. The summed E-state index contributed by atoms with van der Waals surface area (Å²) in [5.41, 5.74) is 0.313. The first-order valence-electron chi connectivity index (χ1n) is 8.43. The molecule has 0 aliphatic carbocycles. The molecule has 0 spiro atoms. The molecule has 3 aromatic rings. The lowest BCUT2D eigenvalue weighted by Crippen LogP contribution is -2.41. The van der Waals surface area contributed by atoms with Crippen LogP contribution in [0.4, 0.5) is 4.39 Å². The fourth-order valence-corrected chi connectivity index (χ4v) is 3.21. The highest BCUT2D eigenvalue weighted by molar-refractivity contribution is 5.90. The molecule has 1 aliphatic heterocycles. The molecule has 1 saturated heterocycles. The molecule has 1 amide bonds. The van der Waals surface area contributed by atoms with E-state index in [0.717, 1.165) is 12.8 Å². The van der Waals surface area contributed by atoms with Crippen molar-refractivity contribution in [2.45, 2.75) is 19.3 Å². The van der Waals surface area contributed by atoms with Gasteiger partial charge in [0.2, 0.25) is 17.5 Å². The van der Waals surface area contributed by atoms with Crippen molar-refractivity contribution >= 4 is 5.91 Å². The molecule has 1 aromatic carbocycles. The molecule has 1 unspecified atom stereocenters. The number of piperidine rings is 1. The van der Waals surface area contributed by atoms with Crippen LogP contribution in [0.2, 0.25) is 0 Å². The van der Waals surface area contributed by atoms with E-state index in [9.17, 15) is 9.18 Å². The fourth-order valence-electron chi connectivity index (χ4n) is 3.21. The predicted molar refractivity (Wildman–Crippen MR) is 88.4 cm³/mol. The number of nitrogens with one attached hydrogen (secondary N) is 1. The van der Waals surface area contributed by atoms with Crippen LogP contribution in [0, 0.1) is 11.7 Å². The standard InChI is InChI=1S/C17H17FN6O2/c18-13-6-2-1-5-12(13)15-21-14(26-23-15)8-11-4-3-7-24(9-11)17(25)16-19-10-20-22-16/h1-2,5-6,10-11H,3-4,7-9H2,(H,19,20,22). The highest BCUT2D eigenvalue weighted by Crippen LogP contribution is 2.24. The highest BCUT2D eigenvalue weighted by Gasteiger charge is 2.27. The second-order valence-corrected chi connectivity index (χ2v) is 6.29. The third-order valence-corrected chi connectivity index (χ3v) is 4.47. The monoisotopic (exact) mass is 356 g/mol. The van der Waals surface area contributed by atoms with Crippen molar-refractivity contribution in [1.29, 1.82) is 0 Å². The van der Waals surface area contributed by atoms with Gasteiger partial charge >= 0.3 is 0 Å². The van der Waals surface area contributed by atoms with Gasteiger partial charge in [-0.3, -0.25) is 9.89 Å². The minimum atomic E-state index is -0.388. The number of rotatable bonds is 4. The Morgan fingerprint density at radius 3 is 3.08 bits per heavy atom. The lowest BCUT2D eigenvalue weighted by atomic mass is 9.94. The number of carbonyl (C=O) groups is 1. The molecule has 0 bridgehead atoms. The van der Waals surface area contributed by atoms with Gasteiger partial charge in [-0.05, 0) is 30.9 Å². The van der Waals surface area contributed by atoms with E-state index >= 15 is 0 Å². The molecular weight excluding hydrogens is 339 g/mol. The summed E-state index contributed by atoms with van der Waals surface area (Å²) in [5.74, 6) is 0.576. The van der Waals surface area contributed by atoms with E-state index in [-0.39, 0.29) is 29.3 Å². The molecule has 8 nitrogen and oxygen atoms in total. The zero-order valence-corrected chi connectivity index (χ0v) is 13.9. The van der Waals surface area contributed by atoms with Crippen molar-refractivity contribution < 1.29 is 13.7 Å². The summed E-state index contributed by atoms with van der Waals surface area (Å²) in [6, 6.07) is 6.31.